The number of nitrogens with two attached hydrogens (primary N) is 1. The Balaban J connectivity index is 1.73. The van der Waals surface area contributed by atoms with Crippen LogP contribution in [0.15, 0.2) is 72.9 Å². The number of carbonyl (C=O) groups is 1. The van der Waals surface area contributed by atoms with Crippen molar-refractivity contribution in [1.29, 1.82) is 0 Å². The van der Waals surface area contributed by atoms with E-state index in [1.807, 2.05) is 31.2 Å². The molecule has 4 nitrogen and oxygen atoms in total. The summed E-state index contributed by atoms with van der Waals surface area (Å²) >= 11 is 0. The zero-order valence-corrected chi connectivity index (χ0v) is 15.1. The van der Waals surface area contributed by atoms with Crippen molar-refractivity contribution >= 4 is 27.5 Å². The Hall–Kier alpha value is -3.24. The highest BCUT2D eigenvalue weighted by atomic mass is 16.1. The molecule has 0 radical (unpaired) electrons. The highest BCUT2D eigenvalue weighted by Gasteiger charge is 2.16. The molecule has 1 heterocycles. The summed E-state index contributed by atoms with van der Waals surface area (Å²) in [5, 5.41) is 7.79. The van der Waals surface area contributed by atoms with E-state index >= 15 is 0 Å². The van der Waals surface area contributed by atoms with Gasteiger partial charge >= 0.3 is 0 Å². The number of carbonyl (C=O) groups excluding carboxylic acids is 1. The Bertz CT molecular complexity index is 1140. The second-order valence-electron chi connectivity index (χ2n) is 6.68. The average molecular weight is 355 g/mol. The topological polar surface area (TPSA) is 68.0 Å². The van der Waals surface area contributed by atoms with Crippen molar-refractivity contribution in [3.8, 4) is 0 Å². The number of nitrogens with zero attached hydrogens (tertiary/aromatic N) is 1. The minimum absolute atomic E-state index is 0.157. The number of hydrogen-bond donors (Lipinski definition) is 2. The third-order valence-corrected chi connectivity index (χ3v) is 4.91. The molecule has 3 aromatic carbocycles. The van der Waals surface area contributed by atoms with Crippen LogP contribution < -0.4 is 11.1 Å². The monoisotopic (exact) mass is 355 g/mol. The molecule has 134 valence electrons. The first-order valence-corrected chi connectivity index (χ1v) is 9.03. The summed E-state index contributed by atoms with van der Waals surface area (Å²) in [4.78, 5) is 16.9. The zero-order chi connectivity index (χ0) is 18.8. The van der Waals surface area contributed by atoms with Crippen molar-refractivity contribution in [2.24, 2.45) is 5.73 Å². The highest BCUT2D eigenvalue weighted by Crippen LogP contribution is 2.31. The predicted octanol–water partition coefficient (Wildman–Crippen LogP) is 4.34. The molecule has 4 rings (SSSR count). The van der Waals surface area contributed by atoms with Gasteiger partial charge < -0.3 is 11.1 Å². The highest BCUT2D eigenvalue weighted by molar-refractivity contribution is 6.09. The summed E-state index contributed by atoms with van der Waals surface area (Å²) < 4.78 is 0. The van der Waals surface area contributed by atoms with Gasteiger partial charge in [0.2, 0.25) is 0 Å². The fraction of sp³-hybridized carbons (Fsp3) is 0.130. The molecular formula is C23H21N3O. The lowest BCUT2D eigenvalue weighted by Gasteiger charge is -2.18. The third kappa shape index (κ3) is 3.27. The van der Waals surface area contributed by atoms with E-state index in [0.717, 1.165) is 21.9 Å². The molecule has 0 bridgehead atoms. The lowest BCUT2D eigenvalue weighted by molar-refractivity contribution is 0.0935. The quantitative estimate of drug-likeness (QED) is 0.535. The summed E-state index contributed by atoms with van der Waals surface area (Å²) in [6.45, 7) is 2.38. The van der Waals surface area contributed by atoms with Crippen LogP contribution in [-0.2, 0) is 6.54 Å². The molecule has 1 amide bonds. The first kappa shape index (κ1) is 17.2. The molecule has 3 N–H and O–H groups in total. The summed E-state index contributed by atoms with van der Waals surface area (Å²) in [5.41, 5.74) is 8.03. The first-order valence-electron chi connectivity index (χ1n) is 9.03. The van der Waals surface area contributed by atoms with Crippen molar-refractivity contribution in [1.82, 2.24) is 10.3 Å². The number of benzene rings is 3. The van der Waals surface area contributed by atoms with Gasteiger partial charge in [0.15, 0.2) is 0 Å². The van der Waals surface area contributed by atoms with Gasteiger partial charge in [0, 0.05) is 12.7 Å². The molecule has 0 saturated carbocycles. The Morgan fingerprint density at radius 1 is 1.00 bits per heavy atom. The third-order valence-electron chi connectivity index (χ3n) is 4.91. The van der Waals surface area contributed by atoms with Gasteiger partial charge in [-0.3, -0.25) is 9.78 Å². The van der Waals surface area contributed by atoms with Crippen LogP contribution >= 0.6 is 0 Å². The second-order valence-corrected chi connectivity index (χ2v) is 6.68. The average Bonchev–Trinajstić information content (AvgIpc) is 2.73. The normalized spacial score (nSPS) is 12.2. The van der Waals surface area contributed by atoms with Crippen LogP contribution in [0.2, 0.25) is 0 Å². The van der Waals surface area contributed by atoms with Crippen molar-refractivity contribution in [2.45, 2.75) is 19.5 Å². The van der Waals surface area contributed by atoms with E-state index in [1.54, 1.807) is 12.3 Å². The van der Waals surface area contributed by atoms with E-state index in [1.165, 1.54) is 10.8 Å². The van der Waals surface area contributed by atoms with Crippen LogP contribution in [0.25, 0.3) is 21.5 Å². The Kier molecular flexibility index (Phi) is 4.57. The van der Waals surface area contributed by atoms with Gasteiger partial charge in [0.25, 0.3) is 5.91 Å². The summed E-state index contributed by atoms with van der Waals surface area (Å²) in [6, 6.07) is 22.2. The molecule has 0 spiro atoms. The smallest absolute Gasteiger partial charge is 0.270 e. The molecular weight excluding hydrogens is 334 g/mol. The summed E-state index contributed by atoms with van der Waals surface area (Å²) in [7, 11) is 0. The lowest BCUT2D eigenvalue weighted by Crippen LogP contribution is -2.27. The van der Waals surface area contributed by atoms with Crippen LogP contribution in [0, 0.1) is 0 Å². The number of hydrogen-bond acceptors (Lipinski definition) is 3. The molecule has 4 heteroatoms. The minimum Gasteiger partial charge on any atom is -0.344 e. The van der Waals surface area contributed by atoms with E-state index in [4.69, 9.17) is 5.73 Å². The maximum Gasteiger partial charge on any atom is 0.270 e. The van der Waals surface area contributed by atoms with E-state index < -0.39 is 0 Å². The van der Waals surface area contributed by atoms with Gasteiger partial charge in [0.05, 0.1) is 6.04 Å². The van der Waals surface area contributed by atoms with Crippen LogP contribution in [0.3, 0.4) is 0 Å². The van der Waals surface area contributed by atoms with Gasteiger partial charge in [-0.05, 0) is 57.8 Å². The van der Waals surface area contributed by atoms with Crippen LogP contribution in [0.5, 0.6) is 0 Å². The molecule has 27 heavy (non-hydrogen) atoms. The van der Waals surface area contributed by atoms with Crippen molar-refractivity contribution in [2.75, 3.05) is 0 Å². The zero-order valence-electron chi connectivity index (χ0n) is 15.1. The number of nitrogens with one attached hydrogen (secondary N) is 1. The van der Waals surface area contributed by atoms with Crippen LogP contribution in [0.1, 0.15) is 34.6 Å². The molecule has 0 saturated heterocycles. The summed E-state index contributed by atoms with van der Waals surface area (Å²) in [6.07, 6.45) is 1.62. The molecule has 0 aliphatic rings. The fourth-order valence-corrected chi connectivity index (χ4v) is 3.52. The van der Waals surface area contributed by atoms with Crippen LogP contribution in [0.4, 0.5) is 0 Å². The maximum absolute atomic E-state index is 12.7. The van der Waals surface area contributed by atoms with E-state index in [2.05, 4.69) is 46.7 Å². The Morgan fingerprint density at radius 2 is 1.70 bits per heavy atom. The molecule has 0 aliphatic carbocycles. The van der Waals surface area contributed by atoms with E-state index in [0.29, 0.717) is 12.2 Å². The van der Waals surface area contributed by atoms with Crippen molar-refractivity contribution in [3.05, 3.63) is 89.7 Å². The van der Waals surface area contributed by atoms with Crippen molar-refractivity contribution in [3.63, 3.8) is 0 Å². The number of fused-ring (bicyclic) bond motifs is 3. The molecule has 1 atom stereocenters. The lowest BCUT2D eigenvalue weighted by atomic mass is 9.94. The van der Waals surface area contributed by atoms with Gasteiger partial charge in [-0.1, -0.05) is 48.5 Å². The van der Waals surface area contributed by atoms with Gasteiger partial charge in [-0.15, -0.1) is 0 Å². The first-order chi connectivity index (χ1) is 13.2. The van der Waals surface area contributed by atoms with Gasteiger partial charge in [0.1, 0.15) is 5.69 Å². The Morgan fingerprint density at radius 3 is 2.48 bits per heavy atom. The van der Waals surface area contributed by atoms with E-state index in [-0.39, 0.29) is 11.9 Å². The van der Waals surface area contributed by atoms with Gasteiger partial charge in [-0.2, -0.15) is 0 Å². The standard InChI is InChI=1S/C23H21N3O/c1-15(26-23(27)22-12-16(14-24)10-11-25-22)21-13-17-6-2-3-7-18(17)19-8-4-5-9-20(19)21/h2-13,15H,14,24H2,1H3,(H,26,27)/t15-/m1/s1. The summed E-state index contributed by atoms with van der Waals surface area (Å²) in [5.74, 6) is -0.199. The van der Waals surface area contributed by atoms with Crippen LogP contribution in [-0.4, -0.2) is 10.9 Å². The Labute approximate surface area is 158 Å². The predicted molar refractivity (Wildman–Crippen MR) is 109 cm³/mol. The second kappa shape index (κ2) is 7.17. The number of amides is 1. The molecule has 0 aliphatic heterocycles. The molecule has 0 unspecified atom stereocenters. The van der Waals surface area contributed by atoms with E-state index in [9.17, 15) is 4.79 Å². The number of aromatic nitrogens is 1. The number of rotatable bonds is 4. The fourth-order valence-electron chi connectivity index (χ4n) is 3.52. The SMILES string of the molecule is C[C@@H](NC(=O)c1cc(CN)ccn1)c1cc2ccccc2c2ccccc12. The minimum atomic E-state index is -0.199. The van der Waals surface area contributed by atoms with Gasteiger partial charge in [-0.25, -0.2) is 0 Å². The van der Waals surface area contributed by atoms with Crippen molar-refractivity contribution < 1.29 is 4.79 Å². The molecule has 0 fully saturated rings. The maximum atomic E-state index is 12.7. The molecule has 4 aromatic rings. The largest absolute Gasteiger partial charge is 0.344 e. The molecule has 1 aromatic heterocycles. The number of pyridine rings is 1.